The molecule has 0 saturated heterocycles. The molecule has 1 amide bonds. The highest BCUT2D eigenvalue weighted by atomic mass is 16.4. The smallest absolute Gasteiger partial charge is 0.354 e. The first kappa shape index (κ1) is 25.4. The maximum atomic E-state index is 13.2. The number of carboxylic acids is 1. The van der Waals surface area contributed by atoms with Crippen LogP contribution in [0.3, 0.4) is 0 Å². The Morgan fingerprint density at radius 1 is 1.00 bits per heavy atom. The number of fused-ring (bicyclic) bond motifs is 2. The summed E-state index contributed by atoms with van der Waals surface area (Å²) in [5, 5.41) is 29.5. The number of hydrogen-bond donors (Lipinski definition) is 3. The predicted molar refractivity (Wildman–Crippen MR) is 154 cm³/mol. The minimum Gasteiger partial charge on any atom is -0.477 e. The number of allylic oxidation sites excluding steroid dienone is 2. The van der Waals surface area contributed by atoms with E-state index in [4.69, 9.17) is 10.7 Å². The molecular weight excluding hydrogens is 488 g/mol. The van der Waals surface area contributed by atoms with Crippen molar-refractivity contribution in [2.24, 2.45) is 0 Å². The van der Waals surface area contributed by atoms with Crippen LogP contribution in [0.15, 0.2) is 78.4 Å². The lowest BCUT2D eigenvalue weighted by Gasteiger charge is -2.31. The zero-order valence-corrected chi connectivity index (χ0v) is 21.1. The lowest BCUT2D eigenvalue weighted by Crippen LogP contribution is -2.25. The van der Waals surface area contributed by atoms with Crippen molar-refractivity contribution in [2.45, 2.75) is 19.3 Å². The second-order valence-electron chi connectivity index (χ2n) is 9.38. The number of rotatable bonds is 6. The first-order valence-corrected chi connectivity index (χ1v) is 12.7. The van der Waals surface area contributed by atoms with Crippen molar-refractivity contribution in [3.63, 3.8) is 0 Å². The van der Waals surface area contributed by atoms with Gasteiger partial charge < -0.3 is 15.3 Å². The first-order valence-electron chi connectivity index (χ1n) is 12.7. The van der Waals surface area contributed by atoms with Crippen LogP contribution < -0.4 is 10.2 Å². The minimum absolute atomic E-state index is 0.229. The van der Waals surface area contributed by atoms with E-state index in [-0.39, 0.29) is 5.57 Å². The third kappa shape index (κ3) is 5.55. The number of benzene rings is 3. The van der Waals surface area contributed by atoms with Crippen molar-refractivity contribution >= 4 is 52.9 Å². The highest BCUT2D eigenvalue weighted by Gasteiger charge is 2.23. The van der Waals surface area contributed by atoms with Gasteiger partial charge in [-0.1, -0.05) is 36.4 Å². The standard InChI is InChI=1S/C32H26N4O3/c33-20-21-8-13-27(14-9-21)36-16-4-7-25-17-22(10-15-29(25)36)18-28(30(34)32(38)39)31(37)35-26-12-11-23-5-2-1-3-6-24(23)19-26/h2-3,5-6,8-15,17-19,34H,1,4,7,16H2,(H,35,37)(H,38,39)/b28-18-,34-30?. The van der Waals surface area contributed by atoms with Gasteiger partial charge in [-0.05, 0) is 96.1 Å². The van der Waals surface area contributed by atoms with E-state index in [1.807, 2.05) is 60.7 Å². The summed E-state index contributed by atoms with van der Waals surface area (Å²) in [6, 6.07) is 20.8. The Morgan fingerprint density at radius 2 is 1.77 bits per heavy atom. The largest absolute Gasteiger partial charge is 0.477 e. The van der Waals surface area contributed by atoms with Gasteiger partial charge in [0.2, 0.25) is 0 Å². The molecule has 5 rings (SSSR count). The number of carbonyl (C=O) groups is 2. The van der Waals surface area contributed by atoms with Crippen LogP contribution in [0.1, 0.15) is 40.7 Å². The maximum Gasteiger partial charge on any atom is 0.354 e. The zero-order valence-electron chi connectivity index (χ0n) is 21.1. The van der Waals surface area contributed by atoms with Crippen molar-refractivity contribution in [1.82, 2.24) is 0 Å². The van der Waals surface area contributed by atoms with Gasteiger partial charge in [-0.25, -0.2) is 4.79 Å². The highest BCUT2D eigenvalue weighted by molar-refractivity contribution is 6.50. The number of anilines is 3. The molecule has 0 aromatic heterocycles. The molecular formula is C32H26N4O3. The van der Waals surface area contributed by atoms with Crippen LogP contribution in [0.4, 0.5) is 17.1 Å². The van der Waals surface area contributed by atoms with E-state index in [9.17, 15) is 14.7 Å². The van der Waals surface area contributed by atoms with E-state index in [0.29, 0.717) is 16.8 Å². The van der Waals surface area contributed by atoms with Crippen LogP contribution in [0.25, 0.3) is 18.2 Å². The number of amides is 1. The summed E-state index contributed by atoms with van der Waals surface area (Å²) < 4.78 is 0. The first-order chi connectivity index (χ1) is 18.9. The Kier molecular flexibility index (Phi) is 7.19. The Bertz CT molecular complexity index is 1610. The van der Waals surface area contributed by atoms with Gasteiger partial charge >= 0.3 is 5.97 Å². The lowest BCUT2D eigenvalue weighted by atomic mass is 9.96. The van der Waals surface area contributed by atoms with Crippen LogP contribution in [0.2, 0.25) is 0 Å². The average molecular weight is 515 g/mol. The normalized spacial score (nSPS) is 14.0. The third-order valence-corrected chi connectivity index (χ3v) is 6.78. The van der Waals surface area contributed by atoms with Gasteiger partial charge in [0.15, 0.2) is 5.71 Å². The summed E-state index contributed by atoms with van der Waals surface area (Å²) >= 11 is 0. The van der Waals surface area contributed by atoms with Crippen LogP contribution in [-0.4, -0.2) is 29.2 Å². The number of carbonyl (C=O) groups excluding carboxylic acids is 1. The van der Waals surface area contributed by atoms with Gasteiger partial charge in [-0.3, -0.25) is 10.2 Å². The molecule has 0 fully saturated rings. The van der Waals surface area contributed by atoms with Crippen molar-refractivity contribution in [2.75, 3.05) is 16.8 Å². The molecule has 3 aromatic rings. The summed E-state index contributed by atoms with van der Waals surface area (Å²) in [5.74, 6) is -2.14. The Hall–Kier alpha value is -5.22. The Labute approximate surface area is 226 Å². The second kappa shape index (κ2) is 11.0. The second-order valence-corrected chi connectivity index (χ2v) is 9.38. The number of hydrogen-bond acceptors (Lipinski definition) is 5. The molecule has 1 aliphatic carbocycles. The molecule has 0 saturated carbocycles. The monoisotopic (exact) mass is 514 g/mol. The van der Waals surface area contributed by atoms with Crippen molar-refractivity contribution in [3.8, 4) is 6.07 Å². The zero-order chi connectivity index (χ0) is 27.4. The van der Waals surface area contributed by atoms with E-state index in [1.54, 1.807) is 18.2 Å². The van der Waals surface area contributed by atoms with Crippen molar-refractivity contribution in [1.29, 1.82) is 10.7 Å². The number of carboxylic acid groups (broad SMARTS) is 1. The fourth-order valence-electron chi connectivity index (χ4n) is 4.84. The summed E-state index contributed by atoms with van der Waals surface area (Å²) in [7, 11) is 0. The Morgan fingerprint density at radius 3 is 2.51 bits per heavy atom. The molecule has 1 aliphatic heterocycles. The number of nitrogens with one attached hydrogen (secondary N) is 2. The lowest BCUT2D eigenvalue weighted by molar-refractivity contribution is -0.129. The number of nitrogens with zero attached hydrogens (tertiary/aromatic N) is 2. The summed E-state index contributed by atoms with van der Waals surface area (Å²) in [4.78, 5) is 27.1. The summed E-state index contributed by atoms with van der Waals surface area (Å²) in [6.45, 7) is 0.831. The van der Waals surface area contributed by atoms with Gasteiger partial charge in [0.05, 0.1) is 17.2 Å². The van der Waals surface area contributed by atoms with E-state index in [2.05, 4.69) is 22.4 Å². The number of nitriles is 1. The van der Waals surface area contributed by atoms with Crippen LogP contribution >= 0.6 is 0 Å². The summed E-state index contributed by atoms with van der Waals surface area (Å²) in [6.07, 6.45) is 12.1. The fraction of sp³-hybridized carbons (Fsp3) is 0.125. The molecule has 7 heteroatoms. The number of aryl methyl sites for hydroxylation is 1. The molecule has 0 radical (unpaired) electrons. The fourth-order valence-corrected chi connectivity index (χ4v) is 4.84. The van der Waals surface area contributed by atoms with Crippen molar-refractivity contribution in [3.05, 3.63) is 106 Å². The molecule has 1 heterocycles. The van der Waals surface area contributed by atoms with Crippen LogP contribution in [-0.2, 0) is 16.0 Å². The summed E-state index contributed by atoms with van der Waals surface area (Å²) in [5.41, 5.74) is 5.80. The molecule has 0 bridgehead atoms. The van der Waals surface area contributed by atoms with E-state index in [1.165, 1.54) is 6.08 Å². The van der Waals surface area contributed by atoms with E-state index >= 15 is 0 Å². The molecule has 7 nitrogen and oxygen atoms in total. The quantitative estimate of drug-likeness (QED) is 0.267. The topological polar surface area (TPSA) is 117 Å². The molecule has 0 atom stereocenters. The molecule has 2 aliphatic rings. The molecule has 0 spiro atoms. The van der Waals surface area contributed by atoms with Crippen LogP contribution in [0.5, 0.6) is 0 Å². The Balaban J connectivity index is 1.44. The molecule has 192 valence electrons. The van der Waals surface area contributed by atoms with Crippen LogP contribution in [0, 0.1) is 16.7 Å². The highest BCUT2D eigenvalue weighted by Crippen LogP contribution is 2.34. The average Bonchev–Trinajstić information content (AvgIpc) is 3.20. The van der Waals surface area contributed by atoms with Crippen molar-refractivity contribution < 1.29 is 14.7 Å². The molecule has 0 unspecified atom stereocenters. The van der Waals surface area contributed by atoms with E-state index in [0.717, 1.165) is 53.9 Å². The molecule has 3 N–H and O–H groups in total. The van der Waals surface area contributed by atoms with E-state index < -0.39 is 17.6 Å². The molecule has 3 aromatic carbocycles. The van der Waals surface area contributed by atoms with Gasteiger partial charge in [0, 0.05) is 23.6 Å². The maximum absolute atomic E-state index is 13.2. The third-order valence-electron chi connectivity index (χ3n) is 6.78. The van der Waals surface area contributed by atoms with Gasteiger partial charge in [-0.15, -0.1) is 0 Å². The molecule has 39 heavy (non-hydrogen) atoms. The van der Waals surface area contributed by atoms with Gasteiger partial charge in [0.25, 0.3) is 5.91 Å². The SMILES string of the molecule is N#Cc1ccc(N2CCCc3cc(/C=C(/C(=N)C(=O)O)C(=O)Nc4ccc5c(c4)C=CCC=C5)ccc32)cc1. The van der Waals surface area contributed by atoms with Gasteiger partial charge in [0.1, 0.15) is 0 Å². The van der Waals surface area contributed by atoms with Gasteiger partial charge in [-0.2, -0.15) is 5.26 Å². The minimum atomic E-state index is -1.48. The number of aliphatic carboxylic acids is 1. The predicted octanol–water partition coefficient (Wildman–Crippen LogP) is 6.20.